The zero-order valence-electron chi connectivity index (χ0n) is 13.4. The van der Waals surface area contributed by atoms with E-state index in [1.807, 2.05) is 0 Å². The number of imidazole rings is 1. The van der Waals surface area contributed by atoms with Crippen molar-refractivity contribution in [3.63, 3.8) is 0 Å². The van der Waals surface area contributed by atoms with Gasteiger partial charge in [-0.2, -0.15) is 0 Å². The third-order valence-electron chi connectivity index (χ3n) is 3.45. The molecule has 128 valence electrons. The van der Waals surface area contributed by atoms with E-state index < -0.39 is 5.97 Å². The summed E-state index contributed by atoms with van der Waals surface area (Å²) >= 11 is 0. The van der Waals surface area contributed by atoms with Gasteiger partial charge in [-0.15, -0.1) is 0 Å². The molecule has 1 atom stereocenters. The number of carbonyl (C=O) groups is 2. The van der Waals surface area contributed by atoms with Gasteiger partial charge in [-0.25, -0.2) is 15.0 Å². The van der Waals surface area contributed by atoms with Crippen LogP contribution in [0.15, 0.2) is 25.3 Å². The summed E-state index contributed by atoms with van der Waals surface area (Å²) in [6, 6.07) is 0.109. The lowest BCUT2D eigenvalue weighted by Crippen LogP contribution is -2.47. The molecule has 1 amide bonds. The molecule has 2 aromatic rings. The fourth-order valence-corrected chi connectivity index (χ4v) is 2.53. The first kappa shape index (κ1) is 17.4. The maximum Gasteiger partial charge on any atom is 0.300 e. The minimum Gasteiger partial charge on any atom is -0.481 e. The summed E-state index contributed by atoms with van der Waals surface area (Å²) in [5, 5.41) is 10.4. The van der Waals surface area contributed by atoms with Gasteiger partial charge in [0.2, 0.25) is 5.91 Å². The first-order chi connectivity index (χ1) is 11.5. The molecule has 0 aliphatic carbocycles. The second-order valence-electron chi connectivity index (χ2n) is 5.31. The molecular weight excluding hydrogens is 312 g/mol. The van der Waals surface area contributed by atoms with E-state index in [1.54, 1.807) is 6.33 Å². The number of fused-ring (bicyclic) bond motifs is 1. The highest BCUT2D eigenvalue weighted by Crippen LogP contribution is 2.23. The second-order valence-corrected chi connectivity index (χ2v) is 5.31. The van der Waals surface area contributed by atoms with Crippen molar-refractivity contribution in [1.82, 2.24) is 25.3 Å². The van der Waals surface area contributed by atoms with Crippen molar-refractivity contribution in [2.75, 3.05) is 18.0 Å². The number of aromatic amines is 1. The molecule has 0 bridgehead atoms. The number of amides is 1. The second kappa shape index (κ2) is 8.04. The normalized spacial score (nSPS) is 16.9. The Kier molecular flexibility index (Phi) is 5.83. The predicted octanol–water partition coefficient (Wildman–Crippen LogP) is 0.715. The monoisotopic (exact) mass is 332 g/mol. The lowest BCUT2D eigenvalue weighted by molar-refractivity contribution is -0.134. The number of nitrogens with zero attached hydrogens (tertiary/aromatic N) is 4. The number of aliphatic carboxylic acids is 1. The van der Waals surface area contributed by atoms with Gasteiger partial charge in [0.1, 0.15) is 11.8 Å². The van der Waals surface area contributed by atoms with Crippen LogP contribution in [0.25, 0.3) is 11.2 Å². The van der Waals surface area contributed by atoms with Gasteiger partial charge in [-0.05, 0) is 18.9 Å². The van der Waals surface area contributed by atoms with Gasteiger partial charge in [0.25, 0.3) is 5.97 Å². The van der Waals surface area contributed by atoms with Gasteiger partial charge in [-0.1, -0.05) is 6.58 Å². The number of hydrogen-bond donors (Lipinski definition) is 3. The van der Waals surface area contributed by atoms with E-state index in [1.165, 1.54) is 12.4 Å². The van der Waals surface area contributed by atoms with E-state index in [0.29, 0.717) is 0 Å². The van der Waals surface area contributed by atoms with Crippen LogP contribution < -0.4 is 10.2 Å². The molecule has 1 fully saturated rings. The average Bonchev–Trinajstić information content (AvgIpc) is 3.03. The molecule has 9 nitrogen and oxygen atoms in total. The Morgan fingerprint density at radius 3 is 2.92 bits per heavy atom. The molecular formula is C15H20N6O3. The maximum absolute atomic E-state index is 11.4. The summed E-state index contributed by atoms with van der Waals surface area (Å²) in [7, 11) is 0. The van der Waals surface area contributed by atoms with Gasteiger partial charge < -0.3 is 20.3 Å². The molecule has 0 unspecified atom stereocenters. The van der Waals surface area contributed by atoms with E-state index in [0.717, 1.165) is 49.8 Å². The maximum atomic E-state index is 11.4. The van der Waals surface area contributed by atoms with Crippen LogP contribution in [0.5, 0.6) is 0 Å². The minimum absolute atomic E-state index is 0.109. The summed E-state index contributed by atoms with van der Waals surface area (Å²) in [6.45, 7) is 6.18. The fourth-order valence-electron chi connectivity index (χ4n) is 2.53. The first-order valence-corrected chi connectivity index (χ1v) is 7.52. The number of carboxylic acid groups (broad SMARTS) is 1. The number of piperidine rings is 1. The number of H-pyrrole nitrogens is 1. The van der Waals surface area contributed by atoms with Crippen LogP contribution >= 0.6 is 0 Å². The molecule has 2 aromatic heterocycles. The fraction of sp³-hybridized carbons (Fsp3) is 0.400. The number of carbonyl (C=O) groups excluding carboxylic acids is 1. The summed E-state index contributed by atoms with van der Waals surface area (Å²) < 4.78 is 0. The molecule has 1 aliphatic rings. The van der Waals surface area contributed by atoms with Gasteiger partial charge in [0, 0.05) is 26.1 Å². The molecule has 3 heterocycles. The summed E-state index contributed by atoms with van der Waals surface area (Å²) in [4.78, 5) is 38.3. The van der Waals surface area contributed by atoms with Crippen molar-refractivity contribution in [2.45, 2.75) is 25.8 Å². The van der Waals surface area contributed by atoms with Gasteiger partial charge >= 0.3 is 0 Å². The molecule has 3 rings (SSSR count). The van der Waals surface area contributed by atoms with Gasteiger partial charge in [0.15, 0.2) is 11.5 Å². The van der Waals surface area contributed by atoms with Gasteiger partial charge in [-0.3, -0.25) is 9.59 Å². The van der Waals surface area contributed by atoms with Crippen molar-refractivity contribution in [1.29, 1.82) is 0 Å². The van der Waals surface area contributed by atoms with Crippen molar-refractivity contribution >= 4 is 28.9 Å². The topological polar surface area (TPSA) is 124 Å². The van der Waals surface area contributed by atoms with Crippen LogP contribution in [0.3, 0.4) is 0 Å². The van der Waals surface area contributed by atoms with Gasteiger partial charge in [0.05, 0.1) is 6.33 Å². The molecule has 0 aromatic carbocycles. The van der Waals surface area contributed by atoms with Crippen molar-refractivity contribution < 1.29 is 14.7 Å². The lowest BCUT2D eigenvalue weighted by atomic mass is 10.1. The highest BCUT2D eigenvalue weighted by atomic mass is 16.4. The Bertz CT molecular complexity index is 725. The standard InChI is InChI=1S/C13H16N6O.C2H4O2/c1-2-10(20)18-9-4-3-5-19(6-9)13-11-12(15-7-14-11)16-8-17-13;1-2(3)4/h2,7-9H,1,3-6H2,(H,18,20)(H,14,15,16,17);1H3,(H,3,4)/t9-;/m1./s1. The van der Waals surface area contributed by atoms with E-state index >= 15 is 0 Å². The number of hydrogen-bond acceptors (Lipinski definition) is 6. The van der Waals surface area contributed by atoms with E-state index in [9.17, 15) is 4.79 Å². The minimum atomic E-state index is -0.833. The molecule has 24 heavy (non-hydrogen) atoms. The van der Waals surface area contributed by atoms with Crippen molar-refractivity contribution in [3.05, 3.63) is 25.3 Å². The highest BCUT2D eigenvalue weighted by Gasteiger charge is 2.23. The summed E-state index contributed by atoms with van der Waals surface area (Å²) in [5.41, 5.74) is 1.50. The smallest absolute Gasteiger partial charge is 0.300 e. The summed E-state index contributed by atoms with van der Waals surface area (Å²) in [6.07, 6.45) is 6.41. The number of carboxylic acids is 1. The Morgan fingerprint density at radius 2 is 2.21 bits per heavy atom. The quantitative estimate of drug-likeness (QED) is 0.707. The van der Waals surface area contributed by atoms with Crippen LogP contribution in [0, 0.1) is 0 Å². The van der Waals surface area contributed by atoms with Crippen LogP contribution in [-0.4, -0.2) is 56.1 Å². The third kappa shape index (κ3) is 4.51. The van der Waals surface area contributed by atoms with E-state index in [2.05, 4.69) is 36.7 Å². The zero-order chi connectivity index (χ0) is 17.5. The molecule has 1 aliphatic heterocycles. The van der Waals surface area contributed by atoms with Crippen molar-refractivity contribution in [3.8, 4) is 0 Å². The highest BCUT2D eigenvalue weighted by molar-refractivity contribution is 5.87. The first-order valence-electron chi connectivity index (χ1n) is 7.52. The van der Waals surface area contributed by atoms with Crippen LogP contribution in [0.1, 0.15) is 19.8 Å². The molecule has 0 radical (unpaired) electrons. The summed E-state index contributed by atoms with van der Waals surface area (Å²) in [5.74, 6) is -0.154. The number of nitrogens with one attached hydrogen (secondary N) is 2. The van der Waals surface area contributed by atoms with E-state index in [4.69, 9.17) is 9.90 Å². The molecule has 0 saturated carbocycles. The molecule has 1 saturated heterocycles. The number of rotatable bonds is 3. The van der Waals surface area contributed by atoms with Crippen LogP contribution in [0.2, 0.25) is 0 Å². The van der Waals surface area contributed by atoms with Crippen LogP contribution in [0.4, 0.5) is 5.82 Å². The largest absolute Gasteiger partial charge is 0.481 e. The Morgan fingerprint density at radius 1 is 1.46 bits per heavy atom. The lowest BCUT2D eigenvalue weighted by Gasteiger charge is -2.33. The zero-order valence-corrected chi connectivity index (χ0v) is 13.4. The Balaban J connectivity index is 0.000000471. The Hall–Kier alpha value is -2.97. The predicted molar refractivity (Wildman–Crippen MR) is 88.6 cm³/mol. The van der Waals surface area contributed by atoms with Crippen molar-refractivity contribution in [2.24, 2.45) is 0 Å². The van der Waals surface area contributed by atoms with E-state index in [-0.39, 0.29) is 11.9 Å². The SMILES string of the molecule is C=CC(=O)N[C@@H]1CCCN(c2ncnc3[nH]cnc23)C1.CC(=O)O. The Labute approximate surface area is 138 Å². The molecule has 9 heteroatoms. The average molecular weight is 332 g/mol. The number of anilines is 1. The molecule has 0 spiro atoms. The third-order valence-corrected chi connectivity index (χ3v) is 3.45. The van der Waals surface area contributed by atoms with Crippen LogP contribution in [-0.2, 0) is 9.59 Å². The number of aromatic nitrogens is 4. The molecule has 3 N–H and O–H groups in total.